The number of carboxylic acid groups (broad SMARTS) is 1. The van der Waals surface area contributed by atoms with Crippen LogP contribution in [0.3, 0.4) is 0 Å². The van der Waals surface area contributed by atoms with Crippen LogP contribution in [0.1, 0.15) is 13.0 Å². The van der Waals surface area contributed by atoms with Gasteiger partial charge in [-0.05, 0) is 25.1 Å². The quantitative estimate of drug-likeness (QED) is 0.823. The zero-order valence-electron chi connectivity index (χ0n) is 11.6. The standard InChI is InChI=1S/C13H15FN2O3S2/c1-8(7-21(2)19)16-11-5-9(14)3-4-10(11)15-13(16)20-6-12(17)18/h3-5,8H,6-7H2,1-2H3,(H,17,18). The van der Waals surface area contributed by atoms with Gasteiger partial charge in [0, 0.05) is 28.9 Å². The number of halogens is 1. The fourth-order valence-corrected chi connectivity index (χ4v) is 3.77. The smallest absolute Gasteiger partial charge is 0.313 e. The van der Waals surface area contributed by atoms with Crippen molar-refractivity contribution in [3.63, 3.8) is 0 Å². The summed E-state index contributed by atoms with van der Waals surface area (Å²) in [4.78, 5) is 15.1. The number of fused-ring (bicyclic) bond motifs is 1. The van der Waals surface area contributed by atoms with Gasteiger partial charge in [-0.2, -0.15) is 0 Å². The number of nitrogens with zero attached hydrogens (tertiary/aromatic N) is 2. The van der Waals surface area contributed by atoms with Crippen LogP contribution in [0, 0.1) is 5.82 Å². The molecule has 0 aliphatic heterocycles. The molecule has 0 radical (unpaired) electrons. The summed E-state index contributed by atoms with van der Waals surface area (Å²) in [5.74, 6) is -1.07. The van der Waals surface area contributed by atoms with E-state index in [2.05, 4.69) is 4.98 Å². The molecule has 0 spiro atoms. The van der Waals surface area contributed by atoms with E-state index in [1.807, 2.05) is 6.92 Å². The number of aliphatic carboxylic acids is 1. The number of carboxylic acids is 1. The topological polar surface area (TPSA) is 72.2 Å². The predicted molar refractivity (Wildman–Crippen MR) is 81.7 cm³/mol. The van der Waals surface area contributed by atoms with E-state index < -0.39 is 16.8 Å². The van der Waals surface area contributed by atoms with Crippen LogP contribution < -0.4 is 0 Å². The number of aromatic nitrogens is 2. The van der Waals surface area contributed by atoms with Gasteiger partial charge in [0.05, 0.1) is 16.8 Å². The normalized spacial score (nSPS) is 14.2. The van der Waals surface area contributed by atoms with Crippen LogP contribution in [0.2, 0.25) is 0 Å². The molecule has 2 aromatic rings. The fraction of sp³-hybridized carbons (Fsp3) is 0.385. The number of benzene rings is 1. The number of carbonyl (C=O) groups is 1. The molecule has 1 aromatic heterocycles. The molecule has 0 fully saturated rings. The predicted octanol–water partition coefficient (Wildman–Crippen LogP) is 2.29. The van der Waals surface area contributed by atoms with Gasteiger partial charge >= 0.3 is 5.97 Å². The van der Waals surface area contributed by atoms with Crippen molar-refractivity contribution in [3.8, 4) is 0 Å². The molecular weight excluding hydrogens is 315 g/mol. The molecule has 0 aliphatic rings. The Balaban J connectivity index is 2.49. The molecule has 0 saturated carbocycles. The minimum Gasteiger partial charge on any atom is -0.481 e. The van der Waals surface area contributed by atoms with Gasteiger partial charge in [0.1, 0.15) is 5.82 Å². The first-order valence-electron chi connectivity index (χ1n) is 6.20. The maximum Gasteiger partial charge on any atom is 0.313 e. The van der Waals surface area contributed by atoms with Gasteiger partial charge in [-0.1, -0.05) is 11.8 Å². The van der Waals surface area contributed by atoms with Crippen molar-refractivity contribution in [1.29, 1.82) is 0 Å². The van der Waals surface area contributed by atoms with Crippen molar-refractivity contribution in [3.05, 3.63) is 24.0 Å². The van der Waals surface area contributed by atoms with Crippen LogP contribution >= 0.6 is 11.8 Å². The summed E-state index contributed by atoms with van der Waals surface area (Å²) in [5, 5.41) is 9.30. The van der Waals surface area contributed by atoms with Crippen LogP contribution in [0.25, 0.3) is 11.0 Å². The highest BCUT2D eigenvalue weighted by molar-refractivity contribution is 7.99. The Morgan fingerprint density at radius 1 is 1.57 bits per heavy atom. The fourth-order valence-electron chi connectivity index (χ4n) is 2.11. The molecule has 0 saturated heterocycles. The molecule has 8 heteroatoms. The highest BCUT2D eigenvalue weighted by Gasteiger charge is 2.18. The molecule has 2 atom stereocenters. The molecule has 1 N–H and O–H groups in total. The minimum atomic E-state index is -1.02. The number of thioether (sulfide) groups is 1. The largest absolute Gasteiger partial charge is 0.481 e. The Bertz CT molecular complexity index is 702. The summed E-state index contributed by atoms with van der Waals surface area (Å²) in [6.45, 7) is 1.86. The van der Waals surface area contributed by atoms with Crippen LogP contribution in [-0.4, -0.2) is 42.6 Å². The Labute approximate surface area is 128 Å². The highest BCUT2D eigenvalue weighted by Crippen LogP contribution is 2.28. The number of hydrogen-bond acceptors (Lipinski definition) is 4. The first-order valence-corrected chi connectivity index (χ1v) is 8.92. The van der Waals surface area contributed by atoms with Gasteiger partial charge in [0.15, 0.2) is 5.16 Å². The first-order chi connectivity index (χ1) is 9.88. The van der Waals surface area contributed by atoms with E-state index >= 15 is 0 Å². The molecule has 1 aromatic carbocycles. The lowest BCUT2D eigenvalue weighted by molar-refractivity contribution is -0.133. The monoisotopic (exact) mass is 330 g/mol. The molecule has 0 aliphatic carbocycles. The van der Waals surface area contributed by atoms with Gasteiger partial charge in [-0.25, -0.2) is 9.37 Å². The lowest BCUT2D eigenvalue weighted by Crippen LogP contribution is -2.14. The average molecular weight is 330 g/mol. The molecule has 5 nitrogen and oxygen atoms in total. The van der Waals surface area contributed by atoms with Gasteiger partial charge in [0.25, 0.3) is 0 Å². The zero-order chi connectivity index (χ0) is 15.6. The van der Waals surface area contributed by atoms with E-state index in [1.54, 1.807) is 16.9 Å². The van der Waals surface area contributed by atoms with Crippen molar-refractivity contribution in [2.45, 2.75) is 18.1 Å². The summed E-state index contributed by atoms with van der Waals surface area (Å²) >= 11 is 1.07. The summed E-state index contributed by atoms with van der Waals surface area (Å²) in [6.07, 6.45) is 1.60. The van der Waals surface area contributed by atoms with E-state index in [0.717, 1.165) is 11.8 Å². The van der Waals surface area contributed by atoms with E-state index in [1.165, 1.54) is 12.1 Å². The number of hydrogen-bond donors (Lipinski definition) is 1. The highest BCUT2D eigenvalue weighted by atomic mass is 32.2. The Morgan fingerprint density at radius 2 is 2.29 bits per heavy atom. The molecule has 21 heavy (non-hydrogen) atoms. The molecule has 114 valence electrons. The second kappa shape index (κ2) is 6.57. The number of rotatable bonds is 6. The molecule has 2 rings (SSSR count). The molecule has 0 bridgehead atoms. The maximum atomic E-state index is 13.5. The summed E-state index contributed by atoms with van der Waals surface area (Å²) in [6, 6.07) is 4.07. The first kappa shape index (κ1) is 16.0. The van der Waals surface area contributed by atoms with Crippen molar-refractivity contribution < 1.29 is 18.5 Å². The third-order valence-electron chi connectivity index (χ3n) is 2.86. The van der Waals surface area contributed by atoms with E-state index in [0.29, 0.717) is 21.9 Å². The van der Waals surface area contributed by atoms with E-state index in [-0.39, 0.29) is 17.6 Å². The average Bonchev–Trinajstić information content (AvgIpc) is 2.73. The zero-order valence-corrected chi connectivity index (χ0v) is 13.2. The van der Waals surface area contributed by atoms with Gasteiger partial charge < -0.3 is 9.67 Å². The third kappa shape index (κ3) is 3.82. The second-order valence-corrected chi connectivity index (χ2v) is 7.09. The second-order valence-electron chi connectivity index (χ2n) is 4.67. The molecule has 0 amide bonds. The SMILES string of the molecule is CC(CS(C)=O)n1c(SCC(=O)O)nc2ccc(F)cc21. The Hall–Kier alpha value is -1.41. The Kier molecular flexibility index (Phi) is 5.00. The van der Waals surface area contributed by atoms with Crippen LogP contribution in [0.4, 0.5) is 4.39 Å². The van der Waals surface area contributed by atoms with Gasteiger partial charge in [0.2, 0.25) is 0 Å². The maximum absolute atomic E-state index is 13.5. The summed E-state index contributed by atoms with van der Waals surface area (Å²) in [5.41, 5.74) is 1.18. The molecular formula is C13H15FN2O3S2. The van der Waals surface area contributed by atoms with E-state index in [9.17, 15) is 13.4 Å². The Morgan fingerprint density at radius 3 is 2.90 bits per heavy atom. The van der Waals surface area contributed by atoms with Crippen molar-refractivity contribution in [2.24, 2.45) is 0 Å². The minimum absolute atomic E-state index is 0.131. The van der Waals surface area contributed by atoms with Crippen LogP contribution in [-0.2, 0) is 15.6 Å². The molecule has 2 unspecified atom stereocenters. The number of imidazole rings is 1. The van der Waals surface area contributed by atoms with Crippen molar-refractivity contribution in [2.75, 3.05) is 17.8 Å². The van der Waals surface area contributed by atoms with Crippen molar-refractivity contribution >= 4 is 39.6 Å². The summed E-state index contributed by atoms with van der Waals surface area (Å²) in [7, 11) is -1.02. The summed E-state index contributed by atoms with van der Waals surface area (Å²) < 4.78 is 26.7. The van der Waals surface area contributed by atoms with Crippen molar-refractivity contribution in [1.82, 2.24) is 9.55 Å². The van der Waals surface area contributed by atoms with Crippen LogP contribution in [0.5, 0.6) is 0 Å². The lowest BCUT2D eigenvalue weighted by atomic mass is 10.3. The van der Waals surface area contributed by atoms with E-state index in [4.69, 9.17) is 5.11 Å². The van der Waals surface area contributed by atoms with Gasteiger partial charge in [-0.3, -0.25) is 9.00 Å². The van der Waals surface area contributed by atoms with Crippen LogP contribution in [0.15, 0.2) is 23.4 Å². The third-order valence-corrected chi connectivity index (χ3v) is 4.75. The molecule has 1 heterocycles. The van der Waals surface area contributed by atoms with Gasteiger partial charge in [-0.15, -0.1) is 0 Å². The lowest BCUT2D eigenvalue weighted by Gasteiger charge is -2.15.